The predicted molar refractivity (Wildman–Crippen MR) is 77.8 cm³/mol. The van der Waals surface area contributed by atoms with Crippen molar-refractivity contribution < 1.29 is 0 Å². The Kier molecular flexibility index (Phi) is 5.50. The van der Waals surface area contributed by atoms with E-state index in [2.05, 4.69) is 52.5 Å². The van der Waals surface area contributed by atoms with Gasteiger partial charge in [-0.3, -0.25) is 9.97 Å². The van der Waals surface area contributed by atoms with Gasteiger partial charge in [0.2, 0.25) is 0 Å². The van der Waals surface area contributed by atoms with Crippen LogP contribution in [0.15, 0.2) is 48.9 Å². The summed E-state index contributed by atoms with van der Waals surface area (Å²) in [5, 5.41) is 3.48. The minimum absolute atomic E-state index is 0.308. The Labute approximate surface area is 115 Å². The van der Waals surface area contributed by atoms with Crippen molar-refractivity contribution in [2.24, 2.45) is 0 Å². The summed E-state index contributed by atoms with van der Waals surface area (Å²) in [6.45, 7) is 3.08. The van der Waals surface area contributed by atoms with E-state index in [-0.39, 0.29) is 0 Å². The Balaban J connectivity index is 1.87. The highest BCUT2D eigenvalue weighted by molar-refractivity contribution is 5.14. The van der Waals surface area contributed by atoms with Gasteiger partial charge in [-0.15, -0.1) is 0 Å². The van der Waals surface area contributed by atoms with Crippen LogP contribution in [0.2, 0.25) is 0 Å². The maximum atomic E-state index is 4.40. The number of hydrogen-bond acceptors (Lipinski definition) is 3. The molecule has 0 aliphatic carbocycles. The van der Waals surface area contributed by atoms with Crippen molar-refractivity contribution >= 4 is 0 Å². The van der Waals surface area contributed by atoms with E-state index in [1.807, 2.05) is 6.20 Å². The van der Waals surface area contributed by atoms with Crippen molar-refractivity contribution in [2.75, 3.05) is 6.54 Å². The maximum absolute atomic E-state index is 4.40. The third kappa shape index (κ3) is 4.45. The molecule has 0 amide bonds. The van der Waals surface area contributed by atoms with E-state index in [1.54, 1.807) is 12.4 Å². The van der Waals surface area contributed by atoms with Gasteiger partial charge >= 0.3 is 0 Å². The Bertz CT molecular complexity index is 456. The van der Waals surface area contributed by atoms with Crippen molar-refractivity contribution in [3.05, 3.63) is 60.2 Å². The van der Waals surface area contributed by atoms with Crippen LogP contribution in [0.5, 0.6) is 0 Å². The summed E-state index contributed by atoms with van der Waals surface area (Å²) in [6, 6.07) is 10.9. The SMILES string of the molecule is CCNC(CCCc1ccccc1)c1cnccn1. The smallest absolute Gasteiger partial charge is 0.0756 e. The molecule has 1 heterocycles. The third-order valence-electron chi connectivity index (χ3n) is 3.19. The lowest BCUT2D eigenvalue weighted by Gasteiger charge is -2.16. The third-order valence-corrected chi connectivity index (χ3v) is 3.19. The summed E-state index contributed by atoms with van der Waals surface area (Å²) in [4.78, 5) is 8.55. The van der Waals surface area contributed by atoms with E-state index in [0.29, 0.717) is 6.04 Å². The molecule has 3 nitrogen and oxygen atoms in total. The van der Waals surface area contributed by atoms with Crippen LogP contribution in [0.1, 0.15) is 37.1 Å². The molecule has 1 N–H and O–H groups in total. The van der Waals surface area contributed by atoms with E-state index in [1.165, 1.54) is 5.56 Å². The van der Waals surface area contributed by atoms with E-state index >= 15 is 0 Å². The molecule has 0 bridgehead atoms. The molecule has 0 aliphatic heterocycles. The molecule has 3 heteroatoms. The lowest BCUT2D eigenvalue weighted by atomic mass is 10.0. The summed E-state index contributed by atoms with van der Waals surface area (Å²) >= 11 is 0. The summed E-state index contributed by atoms with van der Waals surface area (Å²) in [6.07, 6.45) is 8.69. The van der Waals surface area contributed by atoms with Crippen molar-refractivity contribution in [3.63, 3.8) is 0 Å². The lowest BCUT2D eigenvalue weighted by molar-refractivity contribution is 0.486. The van der Waals surface area contributed by atoms with Gasteiger partial charge in [0.1, 0.15) is 0 Å². The van der Waals surface area contributed by atoms with Crippen LogP contribution in [0.4, 0.5) is 0 Å². The minimum Gasteiger partial charge on any atom is -0.309 e. The van der Waals surface area contributed by atoms with Crippen molar-refractivity contribution in [1.82, 2.24) is 15.3 Å². The number of benzene rings is 1. The van der Waals surface area contributed by atoms with Crippen LogP contribution < -0.4 is 5.32 Å². The fourth-order valence-corrected chi connectivity index (χ4v) is 2.25. The van der Waals surface area contributed by atoms with Crippen LogP contribution in [-0.2, 0) is 6.42 Å². The summed E-state index contributed by atoms with van der Waals surface area (Å²) in [5.74, 6) is 0. The Morgan fingerprint density at radius 1 is 1.16 bits per heavy atom. The minimum atomic E-state index is 0.308. The van der Waals surface area contributed by atoms with E-state index in [9.17, 15) is 0 Å². The molecule has 0 saturated heterocycles. The topological polar surface area (TPSA) is 37.8 Å². The molecule has 0 spiro atoms. The van der Waals surface area contributed by atoms with Crippen LogP contribution in [0.25, 0.3) is 0 Å². The number of aryl methyl sites for hydroxylation is 1. The molecule has 1 aromatic carbocycles. The zero-order valence-corrected chi connectivity index (χ0v) is 11.4. The molecule has 0 aliphatic rings. The molecule has 19 heavy (non-hydrogen) atoms. The Morgan fingerprint density at radius 3 is 2.68 bits per heavy atom. The largest absolute Gasteiger partial charge is 0.309 e. The van der Waals surface area contributed by atoms with Crippen LogP contribution in [-0.4, -0.2) is 16.5 Å². The van der Waals surface area contributed by atoms with Gasteiger partial charge in [-0.05, 0) is 31.4 Å². The van der Waals surface area contributed by atoms with Crippen LogP contribution >= 0.6 is 0 Å². The first-order valence-electron chi connectivity index (χ1n) is 6.93. The average molecular weight is 255 g/mol. The quantitative estimate of drug-likeness (QED) is 0.826. The molecular formula is C16H21N3. The lowest BCUT2D eigenvalue weighted by Crippen LogP contribution is -2.22. The predicted octanol–water partition coefficient (Wildman–Crippen LogP) is 3.15. The van der Waals surface area contributed by atoms with Gasteiger partial charge in [0, 0.05) is 18.6 Å². The van der Waals surface area contributed by atoms with Crippen LogP contribution in [0.3, 0.4) is 0 Å². The van der Waals surface area contributed by atoms with Gasteiger partial charge < -0.3 is 5.32 Å². The fourth-order valence-electron chi connectivity index (χ4n) is 2.25. The highest BCUT2D eigenvalue weighted by Crippen LogP contribution is 2.17. The molecule has 1 aromatic heterocycles. The van der Waals surface area contributed by atoms with E-state index in [0.717, 1.165) is 31.5 Å². The van der Waals surface area contributed by atoms with Gasteiger partial charge in [0.15, 0.2) is 0 Å². The van der Waals surface area contributed by atoms with Crippen LogP contribution in [0, 0.1) is 0 Å². The van der Waals surface area contributed by atoms with Gasteiger partial charge in [0.25, 0.3) is 0 Å². The zero-order chi connectivity index (χ0) is 13.3. The molecule has 2 aromatic rings. The number of nitrogens with zero attached hydrogens (tertiary/aromatic N) is 2. The second kappa shape index (κ2) is 7.64. The number of aromatic nitrogens is 2. The summed E-state index contributed by atoms with van der Waals surface area (Å²) in [5.41, 5.74) is 2.44. The fraction of sp³-hybridized carbons (Fsp3) is 0.375. The first kappa shape index (κ1) is 13.7. The molecule has 2 rings (SSSR count). The highest BCUT2D eigenvalue weighted by Gasteiger charge is 2.11. The number of nitrogens with one attached hydrogen (secondary N) is 1. The zero-order valence-electron chi connectivity index (χ0n) is 11.4. The van der Waals surface area contributed by atoms with E-state index in [4.69, 9.17) is 0 Å². The van der Waals surface area contributed by atoms with Crippen molar-refractivity contribution in [1.29, 1.82) is 0 Å². The normalized spacial score (nSPS) is 12.3. The van der Waals surface area contributed by atoms with Gasteiger partial charge in [-0.2, -0.15) is 0 Å². The van der Waals surface area contributed by atoms with Gasteiger partial charge in [-0.25, -0.2) is 0 Å². The van der Waals surface area contributed by atoms with Crippen molar-refractivity contribution in [2.45, 2.75) is 32.2 Å². The number of hydrogen-bond donors (Lipinski definition) is 1. The molecule has 100 valence electrons. The monoisotopic (exact) mass is 255 g/mol. The van der Waals surface area contributed by atoms with Crippen molar-refractivity contribution in [3.8, 4) is 0 Å². The molecular weight excluding hydrogens is 234 g/mol. The highest BCUT2D eigenvalue weighted by atomic mass is 14.9. The first-order chi connectivity index (χ1) is 9.40. The molecule has 0 fully saturated rings. The average Bonchev–Trinajstić information content (AvgIpc) is 2.48. The maximum Gasteiger partial charge on any atom is 0.0756 e. The summed E-state index contributed by atoms with van der Waals surface area (Å²) in [7, 11) is 0. The van der Waals surface area contributed by atoms with Gasteiger partial charge in [-0.1, -0.05) is 37.3 Å². The Hall–Kier alpha value is -1.74. The second-order valence-electron chi connectivity index (χ2n) is 4.62. The molecule has 1 atom stereocenters. The Morgan fingerprint density at radius 2 is 2.00 bits per heavy atom. The summed E-state index contributed by atoms with van der Waals surface area (Å²) < 4.78 is 0. The number of rotatable bonds is 7. The second-order valence-corrected chi connectivity index (χ2v) is 4.62. The van der Waals surface area contributed by atoms with Gasteiger partial charge in [0.05, 0.1) is 11.7 Å². The molecule has 0 radical (unpaired) electrons. The molecule has 1 unspecified atom stereocenters. The first-order valence-corrected chi connectivity index (χ1v) is 6.93. The standard InChI is InChI=1S/C16H21N3/c1-2-18-15(16-13-17-11-12-19-16)10-6-9-14-7-4-3-5-8-14/h3-5,7-8,11-13,15,18H,2,6,9-10H2,1H3. The van der Waals surface area contributed by atoms with E-state index < -0.39 is 0 Å². The molecule has 0 saturated carbocycles.